The van der Waals surface area contributed by atoms with Gasteiger partial charge in [-0.2, -0.15) is 0 Å². The molecule has 7 heteroatoms. The van der Waals surface area contributed by atoms with Crippen molar-refractivity contribution in [3.63, 3.8) is 0 Å². The van der Waals surface area contributed by atoms with Gasteiger partial charge in [0, 0.05) is 0 Å². The third-order valence-corrected chi connectivity index (χ3v) is 5.55. The molecule has 0 saturated carbocycles. The maximum absolute atomic E-state index is 12.5. The number of ether oxygens (including phenoxy) is 3. The maximum Gasteiger partial charge on any atom is 0.338 e. The molecule has 29 heavy (non-hydrogen) atoms. The first-order valence-electron chi connectivity index (χ1n) is 9.65. The van der Waals surface area contributed by atoms with Gasteiger partial charge in [0.25, 0.3) is 0 Å². The second kappa shape index (κ2) is 7.00. The van der Waals surface area contributed by atoms with Crippen LogP contribution < -0.4 is 4.74 Å². The Kier molecular flexibility index (Phi) is 4.32. The lowest BCUT2D eigenvalue weighted by Crippen LogP contribution is -2.27. The first-order valence-corrected chi connectivity index (χ1v) is 9.65. The Bertz CT molecular complexity index is 1030. The minimum Gasteiger partial charge on any atom is -0.497 e. The summed E-state index contributed by atoms with van der Waals surface area (Å²) in [6.45, 7) is 1.21. The molecule has 0 amide bonds. The molecule has 2 aromatic carbocycles. The zero-order valence-corrected chi connectivity index (χ0v) is 16.1. The largest absolute Gasteiger partial charge is 0.497 e. The highest BCUT2D eigenvalue weighted by molar-refractivity contribution is 5.89. The van der Waals surface area contributed by atoms with E-state index in [-0.39, 0.29) is 11.6 Å². The van der Waals surface area contributed by atoms with Gasteiger partial charge in [-0.25, -0.2) is 9.48 Å². The van der Waals surface area contributed by atoms with Crippen LogP contribution in [0.1, 0.15) is 46.3 Å². The number of hydrogen-bond donors (Lipinski definition) is 0. The van der Waals surface area contributed by atoms with Crippen molar-refractivity contribution >= 4 is 5.97 Å². The summed E-state index contributed by atoms with van der Waals surface area (Å²) in [6.07, 6.45) is 1.03. The number of esters is 1. The van der Waals surface area contributed by atoms with Crippen molar-refractivity contribution in [2.45, 2.75) is 31.1 Å². The van der Waals surface area contributed by atoms with E-state index in [1.54, 1.807) is 19.2 Å². The van der Waals surface area contributed by atoms with Crippen LogP contribution in [0.15, 0.2) is 54.6 Å². The van der Waals surface area contributed by atoms with E-state index in [2.05, 4.69) is 10.3 Å². The molecule has 2 aliphatic rings. The number of fused-ring (bicyclic) bond motifs is 2. The fourth-order valence-electron chi connectivity index (χ4n) is 3.90. The first-order chi connectivity index (χ1) is 14.2. The molecule has 1 spiro atoms. The highest BCUT2D eigenvalue weighted by Gasteiger charge is 2.55. The van der Waals surface area contributed by atoms with Gasteiger partial charge in [0.1, 0.15) is 28.8 Å². The summed E-state index contributed by atoms with van der Waals surface area (Å²) in [5, 5.41) is 8.75. The summed E-state index contributed by atoms with van der Waals surface area (Å²) < 4.78 is 18.7. The number of methoxy groups -OCH3 is 1. The fourth-order valence-corrected chi connectivity index (χ4v) is 3.90. The first kappa shape index (κ1) is 17.9. The van der Waals surface area contributed by atoms with Crippen LogP contribution in [0.3, 0.4) is 0 Å². The van der Waals surface area contributed by atoms with Crippen molar-refractivity contribution in [2.75, 3.05) is 13.7 Å². The number of rotatable bonds is 5. The molecule has 7 nitrogen and oxygen atoms in total. The van der Waals surface area contributed by atoms with Crippen LogP contribution >= 0.6 is 0 Å². The molecule has 148 valence electrons. The Hall–Kier alpha value is -3.19. The molecule has 5 rings (SSSR count). The topological polar surface area (TPSA) is 78.8 Å². The Labute approximate surface area is 168 Å². The number of nitrogens with zero attached hydrogens (tertiary/aromatic N) is 3. The van der Waals surface area contributed by atoms with Gasteiger partial charge >= 0.3 is 5.97 Å². The Morgan fingerprint density at radius 2 is 1.97 bits per heavy atom. The van der Waals surface area contributed by atoms with Crippen LogP contribution in [-0.2, 0) is 21.6 Å². The predicted octanol–water partition coefficient (Wildman–Crippen LogP) is 3.25. The molecule has 0 radical (unpaired) electrons. The van der Waals surface area contributed by atoms with E-state index in [4.69, 9.17) is 14.2 Å². The lowest BCUT2D eigenvalue weighted by Gasteiger charge is -2.26. The van der Waals surface area contributed by atoms with E-state index in [9.17, 15) is 4.79 Å². The van der Waals surface area contributed by atoms with Gasteiger partial charge < -0.3 is 14.2 Å². The fraction of sp³-hybridized carbons (Fsp3) is 0.318. The molecule has 1 fully saturated rings. The Balaban J connectivity index is 1.41. The molecule has 2 heterocycles. The van der Waals surface area contributed by atoms with E-state index in [0.717, 1.165) is 23.4 Å². The highest BCUT2D eigenvalue weighted by Crippen LogP contribution is 2.51. The van der Waals surface area contributed by atoms with Gasteiger partial charge in [0.05, 0.1) is 25.8 Å². The van der Waals surface area contributed by atoms with E-state index < -0.39 is 6.10 Å². The minimum atomic E-state index is -0.419. The zero-order valence-electron chi connectivity index (χ0n) is 16.1. The maximum atomic E-state index is 12.5. The highest BCUT2D eigenvalue weighted by atomic mass is 16.6. The number of benzene rings is 2. The van der Waals surface area contributed by atoms with Crippen LogP contribution in [0.2, 0.25) is 0 Å². The zero-order chi connectivity index (χ0) is 19.8. The van der Waals surface area contributed by atoms with Gasteiger partial charge in [0.2, 0.25) is 0 Å². The van der Waals surface area contributed by atoms with Crippen LogP contribution in [0.4, 0.5) is 0 Å². The summed E-state index contributed by atoms with van der Waals surface area (Å²) in [6, 6.07) is 16.9. The number of hydrogen-bond acceptors (Lipinski definition) is 6. The lowest BCUT2D eigenvalue weighted by molar-refractivity contribution is 0.0202. The van der Waals surface area contributed by atoms with Gasteiger partial charge in [-0.15, -0.1) is 5.10 Å². The van der Waals surface area contributed by atoms with Crippen molar-refractivity contribution in [3.8, 4) is 5.75 Å². The van der Waals surface area contributed by atoms with E-state index in [1.807, 2.05) is 47.1 Å². The molecule has 1 aliphatic heterocycles. The summed E-state index contributed by atoms with van der Waals surface area (Å²) in [4.78, 5) is 12.5. The van der Waals surface area contributed by atoms with Crippen molar-refractivity contribution < 1.29 is 19.0 Å². The number of epoxide rings is 1. The molecule has 0 bridgehead atoms. The van der Waals surface area contributed by atoms with Crippen LogP contribution in [0.25, 0.3) is 0 Å². The molecular weight excluding hydrogens is 370 g/mol. The Morgan fingerprint density at radius 3 is 2.66 bits per heavy atom. The monoisotopic (exact) mass is 391 g/mol. The summed E-state index contributed by atoms with van der Waals surface area (Å²) in [5.41, 5.74) is 2.89. The van der Waals surface area contributed by atoms with E-state index >= 15 is 0 Å². The van der Waals surface area contributed by atoms with E-state index in [0.29, 0.717) is 30.8 Å². The quantitative estimate of drug-likeness (QED) is 0.491. The predicted molar refractivity (Wildman–Crippen MR) is 104 cm³/mol. The van der Waals surface area contributed by atoms with Gasteiger partial charge in [-0.3, -0.25) is 0 Å². The molecular formula is C22H21N3O4. The third kappa shape index (κ3) is 3.27. The molecule has 0 N–H and O–H groups in total. The molecule has 1 aromatic heterocycles. The van der Waals surface area contributed by atoms with Crippen molar-refractivity contribution in [2.24, 2.45) is 0 Å². The van der Waals surface area contributed by atoms with Crippen LogP contribution in [0, 0.1) is 0 Å². The minimum absolute atomic E-state index is 0.346. The van der Waals surface area contributed by atoms with Crippen molar-refractivity contribution in [3.05, 3.63) is 77.1 Å². The second-order valence-corrected chi connectivity index (χ2v) is 7.41. The van der Waals surface area contributed by atoms with Crippen molar-refractivity contribution in [1.82, 2.24) is 15.0 Å². The average molecular weight is 391 g/mol. The molecule has 0 unspecified atom stereocenters. The summed E-state index contributed by atoms with van der Waals surface area (Å²) in [7, 11) is 1.65. The van der Waals surface area contributed by atoms with Gasteiger partial charge in [0.15, 0.2) is 0 Å². The smallest absolute Gasteiger partial charge is 0.338 e. The molecule has 2 atom stereocenters. The number of carbonyl (C=O) groups is 1. The average Bonchev–Trinajstić information content (AvgIpc) is 3.41. The molecule has 3 aromatic rings. The van der Waals surface area contributed by atoms with Crippen LogP contribution in [-0.4, -0.2) is 34.7 Å². The van der Waals surface area contributed by atoms with E-state index in [1.165, 1.54) is 0 Å². The Morgan fingerprint density at radius 1 is 1.21 bits per heavy atom. The SMILES string of the molecule is COc1ccc(Cn2nnc3c2[C@@]2(CC[C@H]3OC(=O)c3ccccc3)CO2)cc1. The normalized spacial score (nSPS) is 22.2. The summed E-state index contributed by atoms with van der Waals surface area (Å²) >= 11 is 0. The third-order valence-electron chi connectivity index (χ3n) is 5.55. The molecule has 1 aliphatic carbocycles. The van der Waals surface area contributed by atoms with Gasteiger partial charge in [-0.05, 0) is 42.7 Å². The summed E-state index contributed by atoms with van der Waals surface area (Å²) in [5.74, 6) is 0.461. The number of aromatic nitrogens is 3. The van der Waals surface area contributed by atoms with Gasteiger partial charge in [-0.1, -0.05) is 35.5 Å². The van der Waals surface area contributed by atoms with Crippen molar-refractivity contribution in [1.29, 1.82) is 0 Å². The number of carbonyl (C=O) groups excluding carboxylic acids is 1. The van der Waals surface area contributed by atoms with Crippen LogP contribution in [0.5, 0.6) is 5.75 Å². The lowest BCUT2D eigenvalue weighted by atomic mass is 9.88. The standard InChI is InChI=1S/C22H21N3O4/c1-27-17-9-7-15(8-10-17)13-25-20-19(23-24-25)18(11-12-22(20)14-28-22)29-21(26)16-5-3-2-4-6-16/h2-10,18H,11-14H2,1H3/t18-,22-/m1/s1. The second-order valence-electron chi connectivity index (χ2n) is 7.41. The molecule has 1 saturated heterocycles.